The number of thiophene rings is 1. The predicted octanol–water partition coefficient (Wildman–Crippen LogP) is 4.74. The molecule has 2 rings (SSSR count). The standard InChI is InChI=1S/C23H38N2OS/c1-21(8-4-10-23-11-19-27-20-23)6-3-7-22(2)9-5-12-24-13-15-25(16-14-24)17-18-26/h7-8,11,19-20,26H,3-6,9-10,12-18H2,1-2H3/b21-8+,22-7+. The summed E-state index contributed by atoms with van der Waals surface area (Å²) in [4.78, 5) is 4.93. The second kappa shape index (κ2) is 13.3. The maximum atomic E-state index is 9.01. The Morgan fingerprint density at radius 3 is 2.33 bits per heavy atom. The van der Waals surface area contributed by atoms with Gasteiger partial charge in [0.05, 0.1) is 6.61 Å². The summed E-state index contributed by atoms with van der Waals surface area (Å²) in [6.07, 6.45) is 12.0. The van der Waals surface area contributed by atoms with E-state index < -0.39 is 0 Å². The van der Waals surface area contributed by atoms with Crippen LogP contribution in [0, 0.1) is 0 Å². The van der Waals surface area contributed by atoms with E-state index in [-0.39, 0.29) is 6.61 Å². The zero-order valence-corrected chi connectivity index (χ0v) is 18.1. The fraction of sp³-hybridized carbons (Fsp3) is 0.652. The molecule has 1 saturated heterocycles. The molecule has 3 nitrogen and oxygen atoms in total. The Kier molecular flexibility index (Phi) is 11.0. The highest BCUT2D eigenvalue weighted by Crippen LogP contribution is 2.14. The molecule has 27 heavy (non-hydrogen) atoms. The zero-order chi connectivity index (χ0) is 19.3. The van der Waals surface area contributed by atoms with Gasteiger partial charge in [0.25, 0.3) is 0 Å². The first kappa shape index (κ1) is 22.4. The Bertz CT molecular complexity index is 557. The van der Waals surface area contributed by atoms with Gasteiger partial charge >= 0.3 is 0 Å². The number of piperazine rings is 1. The van der Waals surface area contributed by atoms with E-state index in [0.717, 1.165) is 39.1 Å². The van der Waals surface area contributed by atoms with Gasteiger partial charge < -0.3 is 10.0 Å². The van der Waals surface area contributed by atoms with Crippen LogP contribution in [0.1, 0.15) is 51.5 Å². The molecular formula is C23H38N2OS. The van der Waals surface area contributed by atoms with Crippen molar-refractivity contribution in [2.45, 2.75) is 52.4 Å². The number of nitrogens with zero attached hydrogens (tertiary/aromatic N) is 2. The van der Waals surface area contributed by atoms with Crippen molar-refractivity contribution >= 4 is 11.3 Å². The van der Waals surface area contributed by atoms with E-state index in [2.05, 4.69) is 52.6 Å². The van der Waals surface area contributed by atoms with Crippen molar-refractivity contribution in [3.05, 3.63) is 45.7 Å². The van der Waals surface area contributed by atoms with Gasteiger partial charge in [-0.15, -0.1) is 0 Å². The van der Waals surface area contributed by atoms with Crippen LogP contribution >= 0.6 is 11.3 Å². The lowest BCUT2D eigenvalue weighted by atomic mass is 10.1. The molecule has 0 aliphatic carbocycles. The highest BCUT2D eigenvalue weighted by Gasteiger charge is 2.15. The number of allylic oxidation sites excluding steroid dienone is 4. The molecule has 0 unspecified atom stereocenters. The molecule has 1 fully saturated rings. The van der Waals surface area contributed by atoms with Crippen LogP contribution in [0.4, 0.5) is 0 Å². The topological polar surface area (TPSA) is 26.7 Å². The fourth-order valence-corrected chi connectivity index (χ4v) is 4.33. The molecule has 0 saturated carbocycles. The molecule has 0 radical (unpaired) electrons. The van der Waals surface area contributed by atoms with Gasteiger partial charge in [-0.3, -0.25) is 4.90 Å². The first-order chi connectivity index (χ1) is 13.2. The van der Waals surface area contributed by atoms with Crippen LogP contribution in [-0.2, 0) is 6.42 Å². The minimum Gasteiger partial charge on any atom is -0.395 e. The van der Waals surface area contributed by atoms with Crippen LogP contribution in [0.3, 0.4) is 0 Å². The summed E-state index contributed by atoms with van der Waals surface area (Å²) < 4.78 is 0. The van der Waals surface area contributed by atoms with Gasteiger partial charge in [-0.25, -0.2) is 0 Å². The average molecular weight is 391 g/mol. The summed E-state index contributed by atoms with van der Waals surface area (Å²) >= 11 is 1.79. The Morgan fingerprint density at radius 2 is 1.67 bits per heavy atom. The van der Waals surface area contributed by atoms with E-state index in [9.17, 15) is 0 Å². The first-order valence-electron chi connectivity index (χ1n) is 10.6. The van der Waals surface area contributed by atoms with Crippen molar-refractivity contribution in [3.63, 3.8) is 0 Å². The summed E-state index contributed by atoms with van der Waals surface area (Å²) in [7, 11) is 0. The molecule has 0 amide bonds. The molecule has 0 aromatic carbocycles. The quantitative estimate of drug-likeness (QED) is 0.522. The normalized spacial score (nSPS) is 17.6. The van der Waals surface area contributed by atoms with Crippen LogP contribution in [0.5, 0.6) is 0 Å². The second-order valence-corrected chi connectivity index (χ2v) is 8.60. The van der Waals surface area contributed by atoms with E-state index in [0.29, 0.717) is 0 Å². The van der Waals surface area contributed by atoms with Gasteiger partial charge in [-0.2, -0.15) is 11.3 Å². The van der Waals surface area contributed by atoms with Gasteiger partial charge in [0.1, 0.15) is 0 Å². The predicted molar refractivity (Wildman–Crippen MR) is 119 cm³/mol. The van der Waals surface area contributed by atoms with Crippen LogP contribution in [0.15, 0.2) is 40.1 Å². The number of hydrogen-bond acceptors (Lipinski definition) is 4. The number of hydrogen-bond donors (Lipinski definition) is 1. The van der Waals surface area contributed by atoms with Crippen molar-refractivity contribution in [1.29, 1.82) is 0 Å². The molecule has 1 N–H and O–H groups in total. The lowest BCUT2D eigenvalue weighted by Gasteiger charge is -2.34. The number of rotatable bonds is 12. The lowest BCUT2D eigenvalue weighted by molar-refractivity contribution is 0.112. The fourth-order valence-electron chi connectivity index (χ4n) is 3.63. The van der Waals surface area contributed by atoms with Crippen molar-refractivity contribution in [1.82, 2.24) is 9.80 Å². The monoisotopic (exact) mass is 390 g/mol. The van der Waals surface area contributed by atoms with Gasteiger partial charge in [0, 0.05) is 32.7 Å². The van der Waals surface area contributed by atoms with Crippen LogP contribution < -0.4 is 0 Å². The summed E-state index contributed by atoms with van der Waals surface area (Å²) in [6.45, 7) is 11.4. The van der Waals surface area contributed by atoms with Crippen molar-refractivity contribution in [2.75, 3.05) is 45.9 Å². The third-order valence-electron chi connectivity index (χ3n) is 5.46. The minimum atomic E-state index is 0.285. The summed E-state index contributed by atoms with van der Waals surface area (Å²) in [5, 5.41) is 13.4. The van der Waals surface area contributed by atoms with Gasteiger partial charge in [-0.05, 0) is 81.3 Å². The molecule has 1 aromatic heterocycles. The summed E-state index contributed by atoms with van der Waals surface area (Å²) in [6, 6.07) is 2.23. The van der Waals surface area contributed by atoms with E-state index in [1.807, 2.05) is 0 Å². The number of β-amino-alcohol motifs (C(OH)–C–C–N with tert-alkyl or cyclic N) is 1. The summed E-state index contributed by atoms with van der Waals surface area (Å²) in [5.41, 5.74) is 4.53. The van der Waals surface area contributed by atoms with Gasteiger partial charge in [0.2, 0.25) is 0 Å². The molecule has 2 heterocycles. The van der Waals surface area contributed by atoms with Crippen molar-refractivity contribution in [3.8, 4) is 0 Å². The molecular weight excluding hydrogens is 352 g/mol. The molecule has 152 valence electrons. The van der Waals surface area contributed by atoms with Crippen molar-refractivity contribution in [2.24, 2.45) is 0 Å². The third-order valence-corrected chi connectivity index (χ3v) is 6.20. The van der Waals surface area contributed by atoms with Crippen LogP contribution in [-0.4, -0.2) is 60.8 Å². The maximum absolute atomic E-state index is 9.01. The minimum absolute atomic E-state index is 0.285. The molecule has 1 aliphatic heterocycles. The van der Waals surface area contributed by atoms with E-state index in [1.54, 1.807) is 16.9 Å². The van der Waals surface area contributed by atoms with Gasteiger partial charge in [-0.1, -0.05) is 23.3 Å². The Morgan fingerprint density at radius 1 is 1.00 bits per heavy atom. The largest absolute Gasteiger partial charge is 0.395 e. The molecule has 1 aliphatic rings. The number of aryl methyl sites for hydroxylation is 1. The lowest BCUT2D eigenvalue weighted by Crippen LogP contribution is -2.47. The smallest absolute Gasteiger partial charge is 0.0558 e. The molecule has 0 atom stereocenters. The summed E-state index contributed by atoms with van der Waals surface area (Å²) in [5.74, 6) is 0. The van der Waals surface area contributed by atoms with Crippen molar-refractivity contribution < 1.29 is 5.11 Å². The highest BCUT2D eigenvalue weighted by molar-refractivity contribution is 7.07. The molecule has 4 heteroatoms. The highest BCUT2D eigenvalue weighted by atomic mass is 32.1. The second-order valence-electron chi connectivity index (χ2n) is 7.82. The van der Waals surface area contributed by atoms with E-state index in [1.165, 1.54) is 49.8 Å². The number of aliphatic hydroxyl groups is 1. The third kappa shape index (κ3) is 9.70. The number of aliphatic hydroxyl groups excluding tert-OH is 1. The Labute approximate surface area is 170 Å². The first-order valence-corrected chi connectivity index (χ1v) is 11.5. The van der Waals surface area contributed by atoms with Gasteiger partial charge in [0.15, 0.2) is 0 Å². The van der Waals surface area contributed by atoms with Crippen LogP contribution in [0.2, 0.25) is 0 Å². The molecule has 1 aromatic rings. The van der Waals surface area contributed by atoms with Crippen LogP contribution in [0.25, 0.3) is 0 Å². The zero-order valence-electron chi connectivity index (χ0n) is 17.3. The van der Waals surface area contributed by atoms with E-state index in [4.69, 9.17) is 5.11 Å². The Hall–Kier alpha value is -0.940. The molecule has 0 spiro atoms. The average Bonchev–Trinajstić information content (AvgIpc) is 3.17. The maximum Gasteiger partial charge on any atom is 0.0558 e. The Balaban J connectivity index is 1.52. The SMILES string of the molecule is C/C(=C\CCc1ccsc1)CC/C=C(\C)CCCN1CCN(CCO)CC1. The van der Waals surface area contributed by atoms with E-state index >= 15 is 0 Å². The molecule has 0 bridgehead atoms.